The van der Waals surface area contributed by atoms with Gasteiger partial charge < -0.3 is 14.2 Å². The van der Waals surface area contributed by atoms with Gasteiger partial charge in [-0.1, -0.05) is 173 Å². The molecule has 0 radical (unpaired) electrons. The lowest BCUT2D eigenvalue weighted by atomic mass is 10.1. The minimum Gasteiger partial charge on any atom is -0.462 e. The molecule has 0 rings (SSSR count). The van der Waals surface area contributed by atoms with E-state index in [9.17, 15) is 14.4 Å². The second-order valence-electron chi connectivity index (χ2n) is 16.0. The van der Waals surface area contributed by atoms with Crippen molar-refractivity contribution in [1.29, 1.82) is 0 Å². The van der Waals surface area contributed by atoms with Crippen LogP contribution in [0.25, 0.3) is 0 Å². The van der Waals surface area contributed by atoms with Gasteiger partial charge in [-0.05, 0) is 89.9 Å². The van der Waals surface area contributed by atoms with Gasteiger partial charge in [0.25, 0.3) is 0 Å². The van der Waals surface area contributed by atoms with E-state index >= 15 is 0 Å². The highest BCUT2D eigenvalue weighted by Crippen LogP contribution is 2.14. The molecule has 0 aliphatic carbocycles. The molecule has 56 heavy (non-hydrogen) atoms. The normalized spacial score (nSPS) is 12.3. The summed E-state index contributed by atoms with van der Waals surface area (Å²) < 4.78 is 16.7. The lowest BCUT2D eigenvalue weighted by molar-refractivity contribution is -0.167. The standard InChI is InChI=1S/C50H90O6/c1-4-7-10-13-16-19-22-24-25-27-28-31-34-37-40-43-49(52)55-46-47(45-54-48(51)42-39-36-33-30-21-18-15-12-9-6-3)56-50(53)44-41-38-35-32-29-26-23-20-17-14-11-8-5-2/h12,15,20,23-25,47H,4-11,13-14,16-19,21-22,26-46H2,1-3H3/b15-12-,23-20-,25-24-. The maximum absolute atomic E-state index is 12.7. The largest absolute Gasteiger partial charge is 0.462 e. The Bertz CT molecular complexity index is 953. The van der Waals surface area contributed by atoms with E-state index in [-0.39, 0.29) is 31.1 Å². The lowest BCUT2D eigenvalue weighted by Gasteiger charge is -2.18. The Hall–Kier alpha value is -2.37. The molecule has 0 spiro atoms. The van der Waals surface area contributed by atoms with Gasteiger partial charge in [-0.25, -0.2) is 0 Å². The van der Waals surface area contributed by atoms with E-state index in [0.717, 1.165) is 89.9 Å². The Morgan fingerprint density at radius 1 is 0.339 bits per heavy atom. The molecular formula is C50H90O6. The summed E-state index contributed by atoms with van der Waals surface area (Å²) in [5.41, 5.74) is 0. The number of allylic oxidation sites excluding steroid dienone is 6. The third-order valence-corrected chi connectivity index (χ3v) is 10.3. The summed E-state index contributed by atoms with van der Waals surface area (Å²) in [7, 11) is 0. The summed E-state index contributed by atoms with van der Waals surface area (Å²) in [6.07, 6.45) is 51.2. The smallest absolute Gasteiger partial charge is 0.306 e. The molecule has 0 aliphatic rings. The van der Waals surface area contributed by atoms with Crippen LogP contribution in [0.4, 0.5) is 0 Å². The molecule has 0 aromatic rings. The van der Waals surface area contributed by atoms with E-state index in [1.807, 2.05) is 0 Å². The van der Waals surface area contributed by atoms with Crippen molar-refractivity contribution in [1.82, 2.24) is 0 Å². The quantitative estimate of drug-likeness (QED) is 0.0265. The predicted molar refractivity (Wildman–Crippen MR) is 238 cm³/mol. The van der Waals surface area contributed by atoms with Gasteiger partial charge >= 0.3 is 17.9 Å². The van der Waals surface area contributed by atoms with Crippen molar-refractivity contribution in [3.05, 3.63) is 36.5 Å². The van der Waals surface area contributed by atoms with Crippen LogP contribution in [0.3, 0.4) is 0 Å². The van der Waals surface area contributed by atoms with Crippen LogP contribution in [0.2, 0.25) is 0 Å². The Labute approximate surface area is 346 Å². The van der Waals surface area contributed by atoms with Crippen molar-refractivity contribution >= 4 is 17.9 Å². The first-order valence-corrected chi connectivity index (χ1v) is 24.0. The second kappa shape index (κ2) is 45.3. The maximum Gasteiger partial charge on any atom is 0.306 e. The zero-order valence-electron chi connectivity index (χ0n) is 37.2. The number of ether oxygens (including phenoxy) is 3. The Balaban J connectivity index is 4.37. The number of rotatable bonds is 43. The number of carbonyl (C=O) groups excluding carboxylic acids is 3. The van der Waals surface area contributed by atoms with Crippen molar-refractivity contribution in [3.63, 3.8) is 0 Å². The van der Waals surface area contributed by atoms with Crippen molar-refractivity contribution < 1.29 is 28.6 Å². The van der Waals surface area contributed by atoms with E-state index in [1.54, 1.807) is 0 Å². The SMILES string of the molecule is CCC/C=C\CCCCCCCC(=O)OCC(COC(=O)CCCCCCC/C=C\CCCCCCCC)OC(=O)CCCCCCC/C=C\CCCCCC. The zero-order valence-corrected chi connectivity index (χ0v) is 37.2. The van der Waals surface area contributed by atoms with Gasteiger partial charge in [0, 0.05) is 19.3 Å². The highest BCUT2D eigenvalue weighted by molar-refractivity contribution is 5.71. The van der Waals surface area contributed by atoms with E-state index in [4.69, 9.17) is 14.2 Å². The molecule has 0 aromatic heterocycles. The van der Waals surface area contributed by atoms with Crippen LogP contribution in [-0.2, 0) is 28.6 Å². The molecular weight excluding hydrogens is 697 g/mol. The molecule has 0 heterocycles. The monoisotopic (exact) mass is 787 g/mol. The van der Waals surface area contributed by atoms with Gasteiger partial charge in [-0.3, -0.25) is 14.4 Å². The van der Waals surface area contributed by atoms with Crippen LogP contribution in [0.1, 0.15) is 245 Å². The fraction of sp³-hybridized carbons (Fsp3) is 0.820. The van der Waals surface area contributed by atoms with Crippen LogP contribution < -0.4 is 0 Å². The first kappa shape index (κ1) is 53.6. The van der Waals surface area contributed by atoms with Gasteiger partial charge in [-0.15, -0.1) is 0 Å². The predicted octanol–water partition coefficient (Wildman–Crippen LogP) is 15.4. The molecule has 0 saturated carbocycles. The zero-order chi connectivity index (χ0) is 40.8. The average molecular weight is 787 g/mol. The molecule has 6 heteroatoms. The van der Waals surface area contributed by atoms with Crippen molar-refractivity contribution in [2.45, 2.75) is 252 Å². The van der Waals surface area contributed by atoms with Gasteiger partial charge in [0.15, 0.2) is 6.10 Å². The summed E-state index contributed by atoms with van der Waals surface area (Å²) in [5, 5.41) is 0. The third-order valence-electron chi connectivity index (χ3n) is 10.3. The molecule has 1 atom stereocenters. The highest BCUT2D eigenvalue weighted by Gasteiger charge is 2.19. The molecule has 6 nitrogen and oxygen atoms in total. The summed E-state index contributed by atoms with van der Waals surface area (Å²) in [6, 6.07) is 0. The van der Waals surface area contributed by atoms with Gasteiger partial charge in [0.2, 0.25) is 0 Å². The summed E-state index contributed by atoms with van der Waals surface area (Å²) >= 11 is 0. The minimum atomic E-state index is -0.779. The van der Waals surface area contributed by atoms with E-state index in [1.165, 1.54) is 116 Å². The number of unbranched alkanes of at least 4 members (excludes halogenated alkanes) is 26. The highest BCUT2D eigenvalue weighted by atomic mass is 16.6. The topological polar surface area (TPSA) is 78.9 Å². The van der Waals surface area contributed by atoms with Crippen LogP contribution in [0, 0.1) is 0 Å². The Morgan fingerprint density at radius 3 is 0.982 bits per heavy atom. The van der Waals surface area contributed by atoms with Crippen molar-refractivity contribution in [2.24, 2.45) is 0 Å². The van der Waals surface area contributed by atoms with E-state index < -0.39 is 6.10 Å². The molecule has 1 unspecified atom stereocenters. The number of esters is 3. The molecule has 0 aromatic carbocycles. The summed E-state index contributed by atoms with van der Waals surface area (Å²) in [6.45, 7) is 6.53. The summed E-state index contributed by atoms with van der Waals surface area (Å²) in [4.78, 5) is 37.8. The van der Waals surface area contributed by atoms with Gasteiger partial charge in [0.1, 0.15) is 13.2 Å². The van der Waals surface area contributed by atoms with Crippen LogP contribution in [-0.4, -0.2) is 37.2 Å². The minimum absolute atomic E-state index is 0.0816. The first-order chi connectivity index (χ1) is 27.5. The van der Waals surface area contributed by atoms with Crippen LogP contribution in [0.5, 0.6) is 0 Å². The Morgan fingerprint density at radius 2 is 0.625 bits per heavy atom. The fourth-order valence-electron chi connectivity index (χ4n) is 6.67. The molecule has 0 aliphatic heterocycles. The fourth-order valence-corrected chi connectivity index (χ4v) is 6.67. The van der Waals surface area contributed by atoms with E-state index in [2.05, 4.69) is 57.2 Å². The van der Waals surface area contributed by atoms with Gasteiger partial charge in [-0.2, -0.15) is 0 Å². The molecule has 0 fully saturated rings. The van der Waals surface area contributed by atoms with E-state index in [0.29, 0.717) is 19.3 Å². The van der Waals surface area contributed by atoms with Crippen molar-refractivity contribution in [2.75, 3.05) is 13.2 Å². The molecule has 326 valence electrons. The lowest BCUT2D eigenvalue weighted by Crippen LogP contribution is -2.30. The Kier molecular flexibility index (Phi) is 43.4. The second-order valence-corrected chi connectivity index (χ2v) is 16.0. The first-order valence-electron chi connectivity index (χ1n) is 24.0. The maximum atomic E-state index is 12.7. The average Bonchev–Trinajstić information content (AvgIpc) is 3.19. The molecule has 0 bridgehead atoms. The van der Waals surface area contributed by atoms with Crippen molar-refractivity contribution in [3.8, 4) is 0 Å². The van der Waals surface area contributed by atoms with Gasteiger partial charge in [0.05, 0.1) is 0 Å². The molecule has 0 amide bonds. The third kappa shape index (κ3) is 42.8. The number of hydrogen-bond acceptors (Lipinski definition) is 6. The molecule has 0 N–H and O–H groups in total. The summed E-state index contributed by atoms with van der Waals surface area (Å²) in [5.74, 6) is -0.906. The molecule has 0 saturated heterocycles. The number of carbonyl (C=O) groups is 3. The number of hydrogen-bond donors (Lipinski definition) is 0. The van der Waals surface area contributed by atoms with Crippen LogP contribution >= 0.6 is 0 Å². The van der Waals surface area contributed by atoms with Crippen LogP contribution in [0.15, 0.2) is 36.5 Å².